The highest BCUT2D eigenvalue weighted by atomic mass is 19.4. The number of amides is 1. The number of alkyl halides is 3. The number of benzene rings is 2. The minimum atomic E-state index is -4.39. The Hall–Kier alpha value is -2.90. The summed E-state index contributed by atoms with van der Waals surface area (Å²) >= 11 is 0. The summed E-state index contributed by atoms with van der Waals surface area (Å²) in [5.41, 5.74) is 0.315. The molecule has 2 aromatic carbocycles. The third-order valence-corrected chi connectivity index (χ3v) is 4.61. The molecule has 0 atom stereocenters. The Morgan fingerprint density at radius 1 is 0.929 bits per heavy atom. The van der Waals surface area contributed by atoms with Crippen molar-refractivity contribution in [2.24, 2.45) is 0 Å². The van der Waals surface area contributed by atoms with E-state index in [0.29, 0.717) is 26.2 Å². The number of methoxy groups -OCH3 is 1. The molecular weight excluding hydrogens is 373 g/mol. The Morgan fingerprint density at radius 3 is 2.04 bits per heavy atom. The third-order valence-electron chi connectivity index (χ3n) is 4.61. The molecule has 2 aromatic rings. The van der Waals surface area contributed by atoms with Gasteiger partial charge in [0.25, 0.3) is 5.91 Å². The largest absolute Gasteiger partial charge is 0.497 e. The molecule has 1 fully saturated rings. The maximum atomic E-state index is 12.6. The SMILES string of the molecule is COc1ccc(N2CCN(C(=O)COc3ccc(C(F)(F)F)cc3)CC2)cc1. The van der Waals surface area contributed by atoms with Crippen molar-refractivity contribution < 1.29 is 27.4 Å². The Labute approximate surface area is 161 Å². The van der Waals surface area contributed by atoms with Crippen LogP contribution in [0.4, 0.5) is 18.9 Å². The molecular formula is C20H21F3N2O3. The van der Waals surface area contributed by atoms with Gasteiger partial charge in [-0.2, -0.15) is 13.2 Å². The lowest BCUT2D eigenvalue weighted by Crippen LogP contribution is -2.50. The van der Waals surface area contributed by atoms with Crippen LogP contribution in [0.5, 0.6) is 11.5 Å². The fourth-order valence-electron chi connectivity index (χ4n) is 2.98. The molecule has 8 heteroatoms. The Balaban J connectivity index is 1.47. The first kappa shape index (κ1) is 19.9. The van der Waals surface area contributed by atoms with Crippen LogP contribution in [-0.4, -0.2) is 50.7 Å². The molecule has 1 saturated heterocycles. The van der Waals surface area contributed by atoms with Crippen molar-refractivity contribution >= 4 is 11.6 Å². The van der Waals surface area contributed by atoms with Gasteiger partial charge in [-0.25, -0.2) is 0 Å². The molecule has 5 nitrogen and oxygen atoms in total. The van der Waals surface area contributed by atoms with E-state index in [-0.39, 0.29) is 18.3 Å². The zero-order valence-corrected chi connectivity index (χ0v) is 15.4. The summed E-state index contributed by atoms with van der Waals surface area (Å²) in [6.45, 7) is 2.30. The molecule has 0 unspecified atom stereocenters. The first-order chi connectivity index (χ1) is 13.4. The molecule has 0 aliphatic carbocycles. The zero-order chi connectivity index (χ0) is 20.1. The quantitative estimate of drug-likeness (QED) is 0.779. The van der Waals surface area contributed by atoms with Gasteiger partial charge in [0.2, 0.25) is 0 Å². The number of carbonyl (C=O) groups excluding carboxylic acids is 1. The standard InChI is InChI=1S/C20H21F3N2O3/c1-27-17-8-4-16(5-9-17)24-10-12-25(13-11-24)19(26)14-28-18-6-2-15(3-7-18)20(21,22)23/h2-9H,10-14H2,1H3. The summed E-state index contributed by atoms with van der Waals surface area (Å²) in [5.74, 6) is 0.838. The highest BCUT2D eigenvalue weighted by Crippen LogP contribution is 2.30. The highest BCUT2D eigenvalue weighted by Gasteiger charge is 2.30. The van der Waals surface area contributed by atoms with Crippen LogP contribution in [0.25, 0.3) is 0 Å². The van der Waals surface area contributed by atoms with E-state index in [9.17, 15) is 18.0 Å². The maximum absolute atomic E-state index is 12.6. The second kappa shape index (κ2) is 8.41. The first-order valence-corrected chi connectivity index (χ1v) is 8.83. The van der Waals surface area contributed by atoms with Crippen LogP contribution in [0.15, 0.2) is 48.5 Å². The molecule has 3 rings (SSSR count). The minimum Gasteiger partial charge on any atom is -0.497 e. The minimum absolute atomic E-state index is 0.186. The van der Waals surface area contributed by atoms with E-state index in [1.165, 1.54) is 12.1 Å². The molecule has 1 amide bonds. The van der Waals surface area contributed by atoms with Gasteiger partial charge >= 0.3 is 6.18 Å². The van der Waals surface area contributed by atoms with Gasteiger partial charge in [0.1, 0.15) is 11.5 Å². The lowest BCUT2D eigenvalue weighted by Gasteiger charge is -2.36. The third kappa shape index (κ3) is 4.88. The van der Waals surface area contributed by atoms with Crippen molar-refractivity contribution in [2.45, 2.75) is 6.18 Å². The molecule has 0 saturated carbocycles. The average Bonchev–Trinajstić information content (AvgIpc) is 2.72. The van der Waals surface area contributed by atoms with Crippen LogP contribution in [0, 0.1) is 0 Å². The summed E-state index contributed by atoms with van der Waals surface area (Å²) < 4.78 is 48.2. The smallest absolute Gasteiger partial charge is 0.416 e. The van der Waals surface area contributed by atoms with Crippen LogP contribution >= 0.6 is 0 Å². The fraction of sp³-hybridized carbons (Fsp3) is 0.350. The van der Waals surface area contributed by atoms with Gasteiger partial charge in [-0.15, -0.1) is 0 Å². The number of rotatable bonds is 5. The number of hydrogen-bond donors (Lipinski definition) is 0. The highest BCUT2D eigenvalue weighted by molar-refractivity contribution is 5.78. The predicted molar refractivity (Wildman–Crippen MR) is 98.7 cm³/mol. The van der Waals surface area contributed by atoms with Gasteiger partial charge in [-0.3, -0.25) is 4.79 Å². The number of halogens is 3. The van der Waals surface area contributed by atoms with Crippen LogP contribution in [-0.2, 0) is 11.0 Å². The maximum Gasteiger partial charge on any atom is 0.416 e. The van der Waals surface area contributed by atoms with Crippen molar-refractivity contribution in [3.63, 3.8) is 0 Å². The molecule has 0 radical (unpaired) electrons. The Bertz CT molecular complexity index is 784. The van der Waals surface area contributed by atoms with E-state index in [1.54, 1.807) is 12.0 Å². The fourth-order valence-corrected chi connectivity index (χ4v) is 2.98. The molecule has 28 heavy (non-hydrogen) atoms. The molecule has 0 aromatic heterocycles. The summed E-state index contributed by atoms with van der Waals surface area (Å²) in [4.78, 5) is 16.2. The Kier molecular flexibility index (Phi) is 5.96. The first-order valence-electron chi connectivity index (χ1n) is 8.83. The second-order valence-corrected chi connectivity index (χ2v) is 6.38. The zero-order valence-electron chi connectivity index (χ0n) is 15.4. The van der Waals surface area contributed by atoms with Gasteiger partial charge in [-0.05, 0) is 48.5 Å². The van der Waals surface area contributed by atoms with Gasteiger partial charge in [-0.1, -0.05) is 0 Å². The molecule has 0 spiro atoms. The summed E-state index contributed by atoms with van der Waals surface area (Å²) in [7, 11) is 1.62. The second-order valence-electron chi connectivity index (χ2n) is 6.38. The van der Waals surface area contributed by atoms with E-state index in [2.05, 4.69) is 4.90 Å². The normalized spacial score (nSPS) is 14.7. The average molecular weight is 394 g/mol. The Morgan fingerprint density at radius 2 is 1.50 bits per heavy atom. The number of ether oxygens (including phenoxy) is 2. The molecule has 1 aliphatic rings. The van der Waals surface area contributed by atoms with Crippen molar-refractivity contribution in [1.29, 1.82) is 0 Å². The van der Waals surface area contributed by atoms with Crippen LogP contribution in [0.3, 0.4) is 0 Å². The van der Waals surface area contributed by atoms with Crippen molar-refractivity contribution in [2.75, 3.05) is 44.8 Å². The number of carbonyl (C=O) groups is 1. The molecule has 1 heterocycles. The van der Waals surface area contributed by atoms with E-state index >= 15 is 0 Å². The predicted octanol–water partition coefficient (Wildman–Crippen LogP) is 3.44. The summed E-state index contributed by atoms with van der Waals surface area (Å²) in [6, 6.07) is 12.1. The lowest BCUT2D eigenvalue weighted by molar-refractivity contribution is -0.137. The monoisotopic (exact) mass is 394 g/mol. The molecule has 0 N–H and O–H groups in total. The number of nitrogens with zero attached hydrogens (tertiary/aromatic N) is 2. The van der Waals surface area contributed by atoms with Crippen LogP contribution in [0.1, 0.15) is 5.56 Å². The van der Waals surface area contributed by atoms with Crippen molar-refractivity contribution in [3.05, 3.63) is 54.1 Å². The van der Waals surface area contributed by atoms with Crippen molar-refractivity contribution in [3.8, 4) is 11.5 Å². The number of hydrogen-bond acceptors (Lipinski definition) is 4. The molecule has 0 bridgehead atoms. The number of piperazine rings is 1. The lowest BCUT2D eigenvalue weighted by atomic mass is 10.2. The van der Waals surface area contributed by atoms with E-state index in [1.807, 2.05) is 24.3 Å². The van der Waals surface area contributed by atoms with Crippen molar-refractivity contribution in [1.82, 2.24) is 4.90 Å². The van der Waals surface area contributed by atoms with E-state index in [0.717, 1.165) is 23.6 Å². The summed E-state index contributed by atoms with van der Waals surface area (Å²) in [5, 5.41) is 0. The van der Waals surface area contributed by atoms with Gasteiger partial charge in [0, 0.05) is 31.9 Å². The van der Waals surface area contributed by atoms with Gasteiger partial charge < -0.3 is 19.3 Å². The van der Waals surface area contributed by atoms with E-state index < -0.39 is 11.7 Å². The molecule has 1 aliphatic heterocycles. The van der Waals surface area contributed by atoms with Crippen LogP contribution < -0.4 is 14.4 Å². The summed E-state index contributed by atoms with van der Waals surface area (Å²) in [6.07, 6.45) is -4.39. The topological polar surface area (TPSA) is 42.0 Å². The number of anilines is 1. The van der Waals surface area contributed by atoms with Gasteiger partial charge in [0.15, 0.2) is 6.61 Å². The van der Waals surface area contributed by atoms with E-state index in [4.69, 9.17) is 9.47 Å². The van der Waals surface area contributed by atoms with Gasteiger partial charge in [0.05, 0.1) is 12.7 Å². The van der Waals surface area contributed by atoms with Crippen LogP contribution in [0.2, 0.25) is 0 Å². The molecule has 150 valence electrons.